The van der Waals surface area contributed by atoms with Crippen LogP contribution >= 0.6 is 0 Å². The minimum Gasteiger partial charge on any atom is -0.466 e. The molecule has 5 heteroatoms. The van der Waals surface area contributed by atoms with Gasteiger partial charge in [-0.1, -0.05) is 5.92 Å². The first kappa shape index (κ1) is 14.5. The Bertz CT molecular complexity index is 295. The molecule has 0 saturated carbocycles. The molecule has 0 spiro atoms. The number of rotatable bonds is 6. The minimum absolute atomic E-state index is 0.00659. The Morgan fingerprint density at radius 1 is 1.31 bits per heavy atom. The minimum atomic E-state index is -1.55. The van der Waals surface area contributed by atoms with Gasteiger partial charge in [-0.2, -0.15) is 0 Å². The van der Waals surface area contributed by atoms with Crippen LogP contribution in [-0.2, 0) is 19.1 Å². The molecule has 0 heterocycles. The molecule has 2 N–H and O–H groups in total. The SMILES string of the molecule is C#C[C@](N)(CCC(=O)OCC)C(=O)OCC. The number of carbonyl (C=O) groups excluding carboxylic acids is 2. The van der Waals surface area contributed by atoms with E-state index in [4.69, 9.17) is 21.6 Å². The number of ether oxygens (including phenoxy) is 2. The highest BCUT2D eigenvalue weighted by Crippen LogP contribution is 2.11. The third kappa shape index (κ3) is 4.32. The van der Waals surface area contributed by atoms with Gasteiger partial charge in [-0.25, -0.2) is 4.79 Å². The van der Waals surface area contributed by atoms with E-state index in [0.717, 1.165) is 0 Å². The molecule has 0 aliphatic rings. The molecule has 0 aromatic carbocycles. The zero-order valence-electron chi connectivity index (χ0n) is 9.62. The first-order valence-corrected chi connectivity index (χ1v) is 5.09. The average Bonchev–Trinajstić information content (AvgIpc) is 2.26. The van der Waals surface area contributed by atoms with Gasteiger partial charge in [-0.05, 0) is 20.3 Å². The molecule has 0 fully saturated rings. The maximum atomic E-state index is 11.4. The molecule has 0 rings (SSSR count). The molecule has 0 unspecified atom stereocenters. The van der Waals surface area contributed by atoms with Crippen LogP contribution in [-0.4, -0.2) is 30.7 Å². The van der Waals surface area contributed by atoms with Crippen LogP contribution in [0.4, 0.5) is 0 Å². The third-order valence-electron chi connectivity index (χ3n) is 1.93. The van der Waals surface area contributed by atoms with E-state index in [1.165, 1.54) is 0 Å². The van der Waals surface area contributed by atoms with Crippen molar-refractivity contribution in [3.63, 3.8) is 0 Å². The number of esters is 2. The zero-order valence-corrected chi connectivity index (χ0v) is 9.62. The van der Waals surface area contributed by atoms with Crippen molar-refractivity contribution < 1.29 is 19.1 Å². The topological polar surface area (TPSA) is 78.6 Å². The molecular weight excluding hydrogens is 210 g/mol. The van der Waals surface area contributed by atoms with Crippen molar-refractivity contribution >= 4 is 11.9 Å². The van der Waals surface area contributed by atoms with Gasteiger partial charge in [-0.3, -0.25) is 4.79 Å². The number of hydrogen-bond donors (Lipinski definition) is 1. The Hall–Kier alpha value is -1.54. The molecular formula is C11H17NO4. The molecule has 1 atom stereocenters. The van der Waals surface area contributed by atoms with E-state index in [1.807, 2.05) is 0 Å². The molecule has 0 saturated heterocycles. The van der Waals surface area contributed by atoms with Gasteiger partial charge in [-0.15, -0.1) is 6.42 Å². The molecule has 0 radical (unpaired) electrons. The number of nitrogens with two attached hydrogens (primary N) is 1. The summed E-state index contributed by atoms with van der Waals surface area (Å²) in [4.78, 5) is 22.5. The van der Waals surface area contributed by atoms with E-state index in [2.05, 4.69) is 5.92 Å². The first-order valence-electron chi connectivity index (χ1n) is 5.09. The summed E-state index contributed by atoms with van der Waals surface area (Å²) in [6.07, 6.45) is 5.18. The Kier molecular flexibility index (Phi) is 6.19. The molecule has 5 nitrogen and oxygen atoms in total. The summed E-state index contributed by atoms with van der Waals surface area (Å²) in [5.74, 6) is 1.03. The van der Waals surface area contributed by atoms with E-state index >= 15 is 0 Å². The van der Waals surface area contributed by atoms with Crippen molar-refractivity contribution in [3.05, 3.63) is 0 Å². The average molecular weight is 227 g/mol. The third-order valence-corrected chi connectivity index (χ3v) is 1.93. The zero-order chi connectivity index (χ0) is 12.6. The molecule has 0 bridgehead atoms. The van der Waals surface area contributed by atoms with Gasteiger partial charge in [0.25, 0.3) is 0 Å². The van der Waals surface area contributed by atoms with Crippen LogP contribution in [0.5, 0.6) is 0 Å². The Morgan fingerprint density at radius 2 is 1.88 bits per heavy atom. The van der Waals surface area contributed by atoms with E-state index in [9.17, 15) is 9.59 Å². The van der Waals surface area contributed by atoms with Crippen molar-refractivity contribution in [1.29, 1.82) is 0 Å². The molecule has 0 amide bonds. The summed E-state index contributed by atoms with van der Waals surface area (Å²) in [6.45, 7) is 3.82. The number of terminal acetylenes is 1. The highest BCUT2D eigenvalue weighted by Gasteiger charge is 2.34. The van der Waals surface area contributed by atoms with E-state index in [0.29, 0.717) is 0 Å². The van der Waals surface area contributed by atoms with Gasteiger partial charge in [0.15, 0.2) is 5.54 Å². The van der Waals surface area contributed by atoms with Crippen molar-refractivity contribution in [1.82, 2.24) is 0 Å². The summed E-state index contributed by atoms with van der Waals surface area (Å²) < 4.78 is 9.44. The molecule has 0 aromatic rings. The first-order chi connectivity index (χ1) is 7.50. The largest absolute Gasteiger partial charge is 0.466 e. The monoisotopic (exact) mass is 227 g/mol. The molecule has 90 valence electrons. The standard InChI is InChI=1S/C11H17NO4/c1-4-11(12,10(14)16-6-3)8-7-9(13)15-5-2/h1H,5-8,12H2,2-3H3/t11-/m0/s1. The maximum Gasteiger partial charge on any atom is 0.338 e. The predicted octanol–water partition coefficient (Wildman–Crippen LogP) is 0.223. The second-order valence-corrected chi connectivity index (χ2v) is 3.14. The second-order valence-electron chi connectivity index (χ2n) is 3.14. The van der Waals surface area contributed by atoms with Crippen LogP contribution in [0.2, 0.25) is 0 Å². The Balaban J connectivity index is 4.33. The number of hydrogen-bond acceptors (Lipinski definition) is 5. The van der Waals surface area contributed by atoms with Crippen molar-refractivity contribution in [2.45, 2.75) is 32.2 Å². The highest BCUT2D eigenvalue weighted by atomic mass is 16.5. The fourth-order valence-electron chi connectivity index (χ4n) is 1.03. The molecule has 16 heavy (non-hydrogen) atoms. The summed E-state index contributed by atoms with van der Waals surface area (Å²) in [5.41, 5.74) is 4.10. The molecule has 0 aliphatic heterocycles. The lowest BCUT2D eigenvalue weighted by atomic mass is 9.96. The maximum absolute atomic E-state index is 11.4. The Morgan fingerprint density at radius 3 is 2.31 bits per heavy atom. The highest BCUT2D eigenvalue weighted by molar-refractivity contribution is 5.85. The van der Waals surface area contributed by atoms with Gasteiger partial charge in [0.2, 0.25) is 0 Å². The lowest BCUT2D eigenvalue weighted by molar-refractivity contribution is -0.148. The van der Waals surface area contributed by atoms with E-state index in [1.54, 1.807) is 13.8 Å². The van der Waals surface area contributed by atoms with Gasteiger partial charge in [0.05, 0.1) is 13.2 Å². The fourth-order valence-corrected chi connectivity index (χ4v) is 1.03. The van der Waals surface area contributed by atoms with Gasteiger partial charge >= 0.3 is 11.9 Å². The van der Waals surface area contributed by atoms with Gasteiger partial charge in [0.1, 0.15) is 0 Å². The van der Waals surface area contributed by atoms with Crippen LogP contribution in [0.3, 0.4) is 0 Å². The normalized spacial score (nSPS) is 13.4. The fraction of sp³-hybridized carbons (Fsp3) is 0.636. The van der Waals surface area contributed by atoms with Crippen LogP contribution < -0.4 is 5.73 Å². The summed E-state index contributed by atoms with van der Waals surface area (Å²) >= 11 is 0. The van der Waals surface area contributed by atoms with Gasteiger partial charge < -0.3 is 15.2 Å². The van der Waals surface area contributed by atoms with Crippen LogP contribution in [0.1, 0.15) is 26.7 Å². The van der Waals surface area contributed by atoms with Crippen molar-refractivity contribution in [2.24, 2.45) is 5.73 Å². The predicted molar refractivity (Wildman–Crippen MR) is 58.3 cm³/mol. The Labute approximate surface area is 95.3 Å². The van der Waals surface area contributed by atoms with Gasteiger partial charge in [0, 0.05) is 6.42 Å². The van der Waals surface area contributed by atoms with E-state index in [-0.39, 0.29) is 26.1 Å². The molecule has 0 aromatic heterocycles. The molecule has 0 aliphatic carbocycles. The van der Waals surface area contributed by atoms with Crippen LogP contribution in [0.25, 0.3) is 0 Å². The lowest BCUT2D eigenvalue weighted by Crippen LogP contribution is -2.48. The van der Waals surface area contributed by atoms with E-state index < -0.39 is 17.5 Å². The van der Waals surface area contributed by atoms with Crippen molar-refractivity contribution in [3.8, 4) is 12.3 Å². The summed E-state index contributed by atoms with van der Waals surface area (Å²) in [5, 5.41) is 0. The quantitative estimate of drug-likeness (QED) is 0.519. The van der Waals surface area contributed by atoms with Crippen LogP contribution in [0.15, 0.2) is 0 Å². The second kappa shape index (κ2) is 6.85. The van der Waals surface area contributed by atoms with Crippen LogP contribution in [0, 0.1) is 12.3 Å². The lowest BCUT2D eigenvalue weighted by Gasteiger charge is -2.20. The summed E-state index contributed by atoms with van der Waals surface area (Å²) in [7, 11) is 0. The summed E-state index contributed by atoms with van der Waals surface area (Å²) in [6, 6.07) is 0. The van der Waals surface area contributed by atoms with Crippen molar-refractivity contribution in [2.75, 3.05) is 13.2 Å². The number of carbonyl (C=O) groups is 2. The smallest absolute Gasteiger partial charge is 0.338 e.